The third-order valence-corrected chi connectivity index (χ3v) is 4.24. The Morgan fingerprint density at radius 2 is 1.80 bits per heavy atom. The summed E-state index contributed by atoms with van der Waals surface area (Å²) in [5.74, 6) is 0.535. The average Bonchev–Trinajstić information content (AvgIpc) is 2.46. The maximum Gasteiger partial charge on any atom is 0.240 e. The summed E-state index contributed by atoms with van der Waals surface area (Å²) < 4.78 is 31.9. The smallest absolute Gasteiger partial charge is 0.240 e. The summed E-state index contributed by atoms with van der Waals surface area (Å²) in [5.41, 5.74) is 1.03. The van der Waals surface area contributed by atoms with Crippen LogP contribution in [0.3, 0.4) is 0 Å². The van der Waals surface area contributed by atoms with Gasteiger partial charge in [-0.25, -0.2) is 13.1 Å². The molecule has 0 fully saturated rings. The number of benzene rings is 2. The number of ether oxygens (including phenoxy) is 1. The SMILES string of the molecule is CCNS(=O)(=O)c1cccc(OCc2ccccc2)c1. The van der Waals surface area contributed by atoms with E-state index in [-0.39, 0.29) is 4.90 Å². The molecule has 0 aliphatic carbocycles. The van der Waals surface area contributed by atoms with Crippen molar-refractivity contribution < 1.29 is 13.2 Å². The van der Waals surface area contributed by atoms with Gasteiger partial charge in [0, 0.05) is 12.6 Å². The van der Waals surface area contributed by atoms with Crippen molar-refractivity contribution in [2.45, 2.75) is 18.4 Å². The van der Waals surface area contributed by atoms with Gasteiger partial charge in [-0.15, -0.1) is 0 Å². The van der Waals surface area contributed by atoms with E-state index < -0.39 is 10.0 Å². The van der Waals surface area contributed by atoms with Crippen LogP contribution in [0.5, 0.6) is 5.75 Å². The Kier molecular flexibility index (Phi) is 4.76. The molecule has 5 heteroatoms. The highest BCUT2D eigenvalue weighted by molar-refractivity contribution is 7.89. The van der Waals surface area contributed by atoms with Crippen molar-refractivity contribution in [1.29, 1.82) is 0 Å². The third-order valence-electron chi connectivity index (χ3n) is 2.70. The van der Waals surface area contributed by atoms with Gasteiger partial charge in [0.05, 0.1) is 4.90 Å². The number of hydrogen-bond acceptors (Lipinski definition) is 3. The topological polar surface area (TPSA) is 55.4 Å². The molecular weight excluding hydrogens is 274 g/mol. The van der Waals surface area contributed by atoms with Crippen molar-refractivity contribution in [3.63, 3.8) is 0 Å². The highest BCUT2D eigenvalue weighted by atomic mass is 32.2. The van der Waals surface area contributed by atoms with Crippen molar-refractivity contribution >= 4 is 10.0 Å². The van der Waals surface area contributed by atoms with Crippen LogP contribution in [-0.4, -0.2) is 15.0 Å². The number of hydrogen-bond donors (Lipinski definition) is 1. The first kappa shape index (κ1) is 14.6. The fraction of sp³-hybridized carbons (Fsp3) is 0.200. The number of sulfonamides is 1. The highest BCUT2D eigenvalue weighted by Crippen LogP contribution is 2.18. The van der Waals surface area contributed by atoms with E-state index in [1.807, 2.05) is 30.3 Å². The second-order valence-corrected chi connectivity index (χ2v) is 6.02. The van der Waals surface area contributed by atoms with E-state index in [1.165, 1.54) is 6.07 Å². The van der Waals surface area contributed by atoms with Crippen LogP contribution in [0.2, 0.25) is 0 Å². The molecule has 0 amide bonds. The molecule has 0 atom stereocenters. The molecule has 1 N–H and O–H groups in total. The van der Waals surface area contributed by atoms with Gasteiger partial charge in [-0.2, -0.15) is 0 Å². The molecule has 0 spiro atoms. The fourth-order valence-electron chi connectivity index (χ4n) is 1.75. The Bertz CT molecular complexity index is 654. The number of nitrogens with one attached hydrogen (secondary N) is 1. The maximum absolute atomic E-state index is 11.9. The minimum atomic E-state index is -3.45. The maximum atomic E-state index is 11.9. The molecule has 106 valence electrons. The molecule has 2 rings (SSSR count). The van der Waals surface area contributed by atoms with Gasteiger partial charge < -0.3 is 4.74 Å². The van der Waals surface area contributed by atoms with Gasteiger partial charge in [-0.05, 0) is 17.7 Å². The van der Waals surface area contributed by atoms with Gasteiger partial charge in [0.25, 0.3) is 0 Å². The van der Waals surface area contributed by atoms with Gasteiger partial charge in [0.2, 0.25) is 10.0 Å². The lowest BCUT2D eigenvalue weighted by atomic mass is 10.2. The lowest BCUT2D eigenvalue weighted by Crippen LogP contribution is -2.23. The zero-order valence-electron chi connectivity index (χ0n) is 11.2. The van der Waals surface area contributed by atoms with Gasteiger partial charge >= 0.3 is 0 Å². The summed E-state index contributed by atoms with van der Waals surface area (Å²) in [4.78, 5) is 0.213. The minimum absolute atomic E-state index is 0.213. The summed E-state index contributed by atoms with van der Waals surface area (Å²) in [6.45, 7) is 2.51. The van der Waals surface area contributed by atoms with E-state index in [4.69, 9.17) is 4.74 Å². The Balaban J connectivity index is 2.11. The van der Waals surface area contributed by atoms with E-state index in [9.17, 15) is 8.42 Å². The summed E-state index contributed by atoms with van der Waals surface area (Å²) >= 11 is 0. The predicted molar refractivity (Wildman–Crippen MR) is 78.1 cm³/mol. The second kappa shape index (κ2) is 6.54. The van der Waals surface area contributed by atoms with Crippen LogP contribution >= 0.6 is 0 Å². The first-order valence-electron chi connectivity index (χ1n) is 6.38. The molecule has 20 heavy (non-hydrogen) atoms. The van der Waals surface area contributed by atoms with E-state index in [0.717, 1.165) is 5.56 Å². The molecule has 2 aromatic carbocycles. The van der Waals surface area contributed by atoms with Crippen molar-refractivity contribution in [2.24, 2.45) is 0 Å². The third kappa shape index (κ3) is 3.82. The van der Waals surface area contributed by atoms with Crippen LogP contribution in [0.4, 0.5) is 0 Å². The number of rotatable bonds is 6. The van der Waals surface area contributed by atoms with Gasteiger partial charge in [-0.1, -0.05) is 43.3 Å². The Morgan fingerprint density at radius 1 is 1.05 bits per heavy atom. The van der Waals surface area contributed by atoms with Gasteiger partial charge in [0.1, 0.15) is 12.4 Å². The Hall–Kier alpha value is -1.85. The Labute approximate surface area is 119 Å². The van der Waals surface area contributed by atoms with E-state index in [0.29, 0.717) is 18.9 Å². The van der Waals surface area contributed by atoms with Gasteiger partial charge in [0.15, 0.2) is 0 Å². The Morgan fingerprint density at radius 3 is 2.50 bits per heavy atom. The first-order valence-corrected chi connectivity index (χ1v) is 7.86. The van der Waals surface area contributed by atoms with Crippen molar-refractivity contribution in [3.8, 4) is 5.75 Å². The summed E-state index contributed by atoms with van der Waals surface area (Å²) in [6, 6.07) is 16.2. The van der Waals surface area contributed by atoms with Crippen LogP contribution in [0.15, 0.2) is 59.5 Å². The predicted octanol–water partition coefficient (Wildman–Crippen LogP) is 2.56. The van der Waals surface area contributed by atoms with E-state index in [2.05, 4.69) is 4.72 Å². The average molecular weight is 291 g/mol. The lowest BCUT2D eigenvalue weighted by molar-refractivity contribution is 0.305. The molecular formula is C15H17NO3S. The fourth-order valence-corrected chi connectivity index (χ4v) is 2.82. The molecule has 4 nitrogen and oxygen atoms in total. The zero-order chi connectivity index (χ0) is 14.4. The van der Waals surface area contributed by atoms with E-state index in [1.54, 1.807) is 25.1 Å². The molecule has 0 saturated heterocycles. The zero-order valence-corrected chi connectivity index (χ0v) is 12.1. The molecule has 0 unspecified atom stereocenters. The second-order valence-electron chi connectivity index (χ2n) is 4.25. The standard InChI is InChI=1S/C15H17NO3S/c1-2-16-20(17,18)15-10-6-9-14(11-15)19-12-13-7-4-3-5-8-13/h3-11,16H,2,12H2,1H3. The van der Waals surface area contributed by atoms with Crippen LogP contribution in [-0.2, 0) is 16.6 Å². The summed E-state index contributed by atoms with van der Waals surface area (Å²) in [6.07, 6.45) is 0. The first-order chi connectivity index (χ1) is 9.62. The normalized spacial score (nSPS) is 11.2. The molecule has 0 aliphatic rings. The largest absolute Gasteiger partial charge is 0.489 e. The molecule has 0 aromatic heterocycles. The molecule has 0 saturated carbocycles. The molecule has 0 radical (unpaired) electrons. The molecule has 2 aromatic rings. The van der Waals surface area contributed by atoms with E-state index >= 15 is 0 Å². The molecule has 0 bridgehead atoms. The van der Waals surface area contributed by atoms with Gasteiger partial charge in [-0.3, -0.25) is 0 Å². The lowest BCUT2D eigenvalue weighted by Gasteiger charge is -2.09. The van der Waals surface area contributed by atoms with Crippen molar-refractivity contribution in [1.82, 2.24) is 4.72 Å². The van der Waals surface area contributed by atoms with Crippen LogP contribution < -0.4 is 9.46 Å². The van der Waals surface area contributed by atoms with Crippen LogP contribution in [0, 0.1) is 0 Å². The van der Waals surface area contributed by atoms with Crippen molar-refractivity contribution in [3.05, 3.63) is 60.2 Å². The van der Waals surface area contributed by atoms with Crippen LogP contribution in [0.1, 0.15) is 12.5 Å². The molecule has 0 heterocycles. The quantitative estimate of drug-likeness (QED) is 0.890. The van der Waals surface area contributed by atoms with Crippen LogP contribution in [0.25, 0.3) is 0 Å². The summed E-state index contributed by atoms with van der Waals surface area (Å²) in [5, 5.41) is 0. The minimum Gasteiger partial charge on any atom is -0.489 e. The highest BCUT2D eigenvalue weighted by Gasteiger charge is 2.12. The van der Waals surface area contributed by atoms with Crippen molar-refractivity contribution in [2.75, 3.05) is 6.54 Å². The monoisotopic (exact) mass is 291 g/mol. The summed E-state index contributed by atoms with van der Waals surface area (Å²) in [7, 11) is -3.45. The molecule has 0 aliphatic heterocycles.